The average Bonchev–Trinajstić information content (AvgIpc) is 2.46. The van der Waals surface area contributed by atoms with Gasteiger partial charge in [-0.2, -0.15) is 0 Å². The van der Waals surface area contributed by atoms with E-state index in [2.05, 4.69) is 18.3 Å². The molecule has 1 aliphatic heterocycles. The summed E-state index contributed by atoms with van der Waals surface area (Å²) >= 11 is 0. The first kappa shape index (κ1) is 13.9. The van der Waals surface area contributed by atoms with Crippen molar-refractivity contribution in [2.75, 3.05) is 31.6 Å². The summed E-state index contributed by atoms with van der Waals surface area (Å²) in [7, 11) is 1.85. The Labute approximate surface area is 115 Å². The van der Waals surface area contributed by atoms with Gasteiger partial charge in [-0.1, -0.05) is 25.1 Å². The number of hydrogen-bond donors (Lipinski definition) is 1. The fraction of sp³-hybridized carbons (Fsp3) is 0.533. The number of carbonyl (C=O) groups is 1. The Bertz CT molecular complexity index is 447. The van der Waals surface area contributed by atoms with Crippen molar-refractivity contribution in [1.29, 1.82) is 0 Å². The number of nitrogens with zero attached hydrogens (tertiary/aromatic N) is 2. The molecule has 1 aromatic carbocycles. The Morgan fingerprint density at radius 1 is 1.42 bits per heavy atom. The van der Waals surface area contributed by atoms with Crippen molar-refractivity contribution in [3.8, 4) is 0 Å². The van der Waals surface area contributed by atoms with E-state index in [-0.39, 0.29) is 6.03 Å². The van der Waals surface area contributed by atoms with Crippen molar-refractivity contribution in [1.82, 2.24) is 10.2 Å². The van der Waals surface area contributed by atoms with Crippen LogP contribution in [-0.2, 0) is 0 Å². The maximum Gasteiger partial charge on any atom is 0.324 e. The molecule has 1 heterocycles. The van der Waals surface area contributed by atoms with Crippen LogP contribution < -0.4 is 10.2 Å². The first-order valence-corrected chi connectivity index (χ1v) is 7.04. The number of benzene rings is 1. The Kier molecular flexibility index (Phi) is 4.43. The highest BCUT2D eigenvalue weighted by atomic mass is 16.2. The second kappa shape index (κ2) is 6.06. The number of nitrogens with one attached hydrogen (secondary N) is 1. The molecule has 4 heteroatoms. The summed E-state index contributed by atoms with van der Waals surface area (Å²) in [6.07, 6.45) is 0.966. The molecular weight excluding hydrogens is 238 g/mol. The van der Waals surface area contributed by atoms with Crippen molar-refractivity contribution >= 4 is 11.7 Å². The predicted molar refractivity (Wildman–Crippen MR) is 78.5 cm³/mol. The largest absolute Gasteiger partial charge is 0.328 e. The molecule has 1 atom stereocenters. The Morgan fingerprint density at radius 2 is 2.16 bits per heavy atom. The van der Waals surface area contributed by atoms with Gasteiger partial charge in [0.2, 0.25) is 0 Å². The van der Waals surface area contributed by atoms with Crippen LogP contribution in [0.4, 0.5) is 10.5 Å². The average molecular weight is 261 g/mol. The third-order valence-electron chi connectivity index (χ3n) is 3.73. The van der Waals surface area contributed by atoms with Crippen LogP contribution in [0.5, 0.6) is 0 Å². The number of fused-ring (bicyclic) bond motifs is 1. The normalized spacial score (nSPS) is 18.1. The van der Waals surface area contributed by atoms with E-state index >= 15 is 0 Å². The molecule has 0 aromatic heterocycles. The topological polar surface area (TPSA) is 35.6 Å². The molecule has 2 amide bonds. The molecule has 104 valence electrons. The van der Waals surface area contributed by atoms with Crippen molar-refractivity contribution in [3.05, 3.63) is 29.8 Å². The SMILES string of the molecule is CCNC1CCN(C(=O)N(C)CC)c2ccccc21. The van der Waals surface area contributed by atoms with Gasteiger partial charge in [0, 0.05) is 26.2 Å². The molecular formula is C15H23N3O. The monoisotopic (exact) mass is 261 g/mol. The fourth-order valence-electron chi connectivity index (χ4n) is 2.56. The van der Waals surface area contributed by atoms with Crippen LogP contribution in [-0.4, -0.2) is 37.6 Å². The minimum absolute atomic E-state index is 0.0879. The van der Waals surface area contributed by atoms with Gasteiger partial charge in [0.05, 0.1) is 5.69 Å². The molecule has 0 bridgehead atoms. The standard InChI is InChI=1S/C15H23N3O/c1-4-16-13-10-11-18(15(19)17(3)5-2)14-9-7-6-8-12(13)14/h6-9,13,16H,4-5,10-11H2,1-3H3. The van der Waals surface area contributed by atoms with Gasteiger partial charge in [0.25, 0.3) is 0 Å². The van der Waals surface area contributed by atoms with Gasteiger partial charge >= 0.3 is 6.03 Å². The van der Waals surface area contributed by atoms with Gasteiger partial charge in [-0.05, 0) is 31.5 Å². The van der Waals surface area contributed by atoms with Crippen molar-refractivity contribution in [3.63, 3.8) is 0 Å². The Hall–Kier alpha value is -1.55. The van der Waals surface area contributed by atoms with Crippen LogP contribution in [0.15, 0.2) is 24.3 Å². The zero-order chi connectivity index (χ0) is 13.8. The minimum atomic E-state index is 0.0879. The van der Waals surface area contributed by atoms with Crippen LogP contribution in [0, 0.1) is 0 Å². The summed E-state index contributed by atoms with van der Waals surface area (Å²) in [6, 6.07) is 8.65. The molecule has 1 aliphatic rings. The number of urea groups is 1. The molecule has 2 rings (SSSR count). The van der Waals surface area contributed by atoms with E-state index in [1.165, 1.54) is 5.56 Å². The van der Waals surface area contributed by atoms with Crippen molar-refractivity contribution in [2.45, 2.75) is 26.3 Å². The van der Waals surface area contributed by atoms with Crippen molar-refractivity contribution in [2.24, 2.45) is 0 Å². The van der Waals surface area contributed by atoms with Gasteiger partial charge < -0.3 is 10.2 Å². The first-order chi connectivity index (χ1) is 9.19. The minimum Gasteiger partial charge on any atom is -0.328 e. The van der Waals surface area contributed by atoms with E-state index in [1.54, 1.807) is 4.90 Å². The van der Waals surface area contributed by atoms with Gasteiger partial charge in [-0.15, -0.1) is 0 Å². The summed E-state index contributed by atoms with van der Waals surface area (Å²) in [5.74, 6) is 0. The molecule has 1 aromatic rings. The molecule has 0 aliphatic carbocycles. The molecule has 1 unspecified atom stereocenters. The lowest BCUT2D eigenvalue weighted by Crippen LogP contribution is -2.45. The van der Waals surface area contributed by atoms with Crippen LogP contribution in [0.2, 0.25) is 0 Å². The molecule has 0 saturated carbocycles. The van der Waals surface area contributed by atoms with E-state index in [9.17, 15) is 4.79 Å². The van der Waals surface area contributed by atoms with E-state index in [4.69, 9.17) is 0 Å². The number of anilines is 1. The smallest absolute Gasteiger partial charge is 0.324 e. The van der Waals surface area contributed by atoms with Gasteiger partial charge in [-0.3, -0.25) is 4.90 Å². The lowest BCUT2D eigenvalue weighted by atomic mass is 9.96. The summed E-state index contributed by atoms with van der Waals surface area (Å²) in [4.78, 5) is 16.0. The van der Waals surface area contributed by atoms with E-state index < -0.39 is 0 Å². The van der Waals surface area contributed by atoms with Crippen LogP contribution in [0.25, 0.3) is 0 Å². The summed E-state index contributed by atoms with van der Waals surface area (Å²) in [5.41, 5.74) is 2.28. The molecule has 0 radical (unpaired) electrons. The molecule has 0 fully saturated rings. The summed E-state index contributed by atoms with van der Waals surface area (Å²) in [5, 5.41) is 3.49. The molecule has 4 nitrogen and oxygen atoms in total. The number of rotatable bonds is 3. The summed E-state index contributed by atoms with van der Waals surface area (Å²) < 4.78 is 0. The van der Waals surface area contributed by atoms with Crippen LogP contribution in [0.1, 0.15) is 31.9 Å². The number of hydrogen-bond acceptors (Lipinski definition) is 2. The lowest BCUT2D eigenvalue weighted by Gasteiger charge is -2.36. The maximum absolute atomic E-state index is 12.4. The quantitative estimate of drug-likeness (QED) is 0.908. The molecule has 19 heavy (non-hydrogen) atoms. The number of amides is 2. The van der Waals surface area contributed by atoms with E-state index in [0.717, 1.165) is 31.7 Å². The summed E-state index contributed by atoms with van der Waals surface area (Å²) in [6.45, 7) is 6.56. The van der Waals surface area contributed by atoms with Crippen LogP contribution >= 0.6 is 0 Å². The van der Waals surface area contributed by atoms with Gasteiger partial charge in [0.15, 0.2) is 0 Å². The lowest BCUT2D eigenvalue weighted by molar-refractivity contribution is 0.216. The van der Waals surface area contributed by atoms with E-state index in [0.29, 0.717) is 6.04 Å². The highest BCUT2D eigenvalue weighted by Gasteiger charge is 2.28. The Balaban J connectivity index is 2.30. The van der Waals surface area contributed by atoms with Crippen molar-refractivity contribution < 1.29 is 4.79 Å². The second-order valence-electron chi connectivity index (χ2n) is 4.91. The molecule has 0 saturated heterocycles. The zero-order valence-electron chi connectivity index (χ0n) is 12.0. The number of carbonyl (C=O) groups excluding carboxylic acids is 1. The Morgan fingerprint density at radius 3 is 2.84 bits per heavy atom. The second-order valence-corrected chi connectivity index (χ2v) is 4.91. The number of para-hydroxylation sites is 1. The highest BCUT2D eigenvalue weighted by Crippen LogP contribution is 2.33. The van der Waals surface area contributed by atoms with Gasteiger partial charge in [-0.25, -0.2) is 4.79 Å². The fourth-order valence-corrected chi connectivity index (χ4v) is 2.56. The maximum atomic E-state index is 12.4. The first-order valence-electron chi connectivity index (χ1n) is 7.04. The molecule has 0 spiro atoms. The molecule has 1 N–H and O–H groups in total. The van der Waals surface area contributed by atoms with Crippen LogP contribution in [0.3, 0.4) is 0 Å². The van der Waals surface area contributed by atoms with E-state index in [1.807, 2.05) is 37.1 Å². The third kappa shape index (κ3) is 2.73. The highest BCUT2D eigenvalue weighted by molar-refractivity contribution is 5.93. The zero-order valence-corrected chi connectivity index (χ0v) is 12.0. The third-order valence-corrected chi connectivity index (χ3v) is 3.73. The predicted octanol–water partition coefficient (Wildman–Crippen LogP) is 2.62. The van der Waals surface area contributed by atoms with Gasteiger partial charge in [0.1, 0.15) is 0 Å².